The molecular formula is C17H27N5O2. The first-order valence-corrected chi connectivity index (χ1v) is 9.17. The first kappa shape index (κ1) is 16.9. The second kappa shape index (κ2) is 7.77. The topological polar surface area (TPSA) is 80.1 Å². The van der Waals surface area contributed by atoms with Crippen LogP contribution >= 0.6 is 0 Å². The number of nitrogens with one attached hydrogen (secondary N) is 1. The summed E-state index contributed by atoms with van der Waals surface area (Å²) in [5, 5.41) is 11.0. The maximum absolute atomic E-state index is 12.4. The van der Waals surface area contributed by atoms with Crippen LogP contribution in [0.15, 0.2) is 0 Å². The van der Waals surface area contributed by atoms with Gasteiger partial charge in [-0.05, 0) is 18.8 Å². The van der Waals surface area contributed by atoms with Gasteiger partial charge in [-0.15, -0.1) is 10.2 Å². The summed E-state index contributed by atoms with van der Waals surface area (Å²) < 4.78 is 1.84. The van der Waals surface area contributed by atoms with Crippen molar-refractivity contribution in [2.75, 3.05) is 13.1 Å². The van der Waals surface area contributed by atoms with Gasteiger partial charge in [0.15, 0.2) is 5.82 Å². The molecule has 1 aromatic heterocycles. The molecule has 0 aromatic carbocycles. The van der Waals surface area contributed by atoms with E-state index in [1.807, 2.05) is 16.4 Å². The Morgan fingerprint density at radius 2 is 2.00 bits per heavy atom. The minimum Gasteiger partial charge on any atom is -0.349 e. The van der Waals surface area contributed by atoms with Crippen LogP contribution in [0.5, 0.6) is 0 Å². The first-order valence-electron chi connectivity index (χ1n) is 9.17. The molecule has 7 heteroatoms. The lowest BCUT2D eigenvalue weighted by Gasteiger charge is -2.28. The van der Waals surface area contributed by atoms with Crippen LogP contribution in [0.1, 0.15) is 68.3 Å². The fraction of sp³-hybridized carbons (Fsp3) is 0.765. The van der Waals surface area contributed by atoms with Gasteiger partial charge < -0.3 is 14.8 Å². The van der Waals surface area contributed by atoms with Crippen LogP contribution in [-0.4, -0.2) is 44.6 Å². The first-order chi connectivity index (χ1) is 11.7. The molecule has 0 unspecified atom stereocenters. The van der Waals surface area contributed by atoms with Crippen LogP contribution in [0, 0.1) is 5.92 Å². The molecule has 1 aliphatic carbocycles. The molecule has 24 heavy (non-hydrogen) atoms. The molecule has 0 radical (unpaired) electrons. The number of amides is 2. The van der Waals surface area contributed by atoms with Crippen LogP contribution in [0.4, 0.5) is 0 Å². The Morgan fingerprint density at radius 3 is 2.75 bits per heavy atom. The van der Waals surface area contributed by atoms with E-state index >= 15 is 0 Å². The van der Waals surface area contributed by atoms with Crippen LogP contribution in [-0.2, 0) is 17.9 Å². The van der Waals surface area contributed by atoms with Crippen LogP contribution in [0.2, 0.25) is 0 Å². The number of fused-ring (bicyclic) bond motifs is 1. The largest absolute Gasteiger partial charge is 0.349 e. The van der Waals surface area contributed by atoms with E-state index in [0.29, 0.717) is 44.2 Å². The zero-order chi connectivity index (χ0) is 16.9. The van der Waals surface area contributed by atoms with Gasteiger partial charge in [0.2, 0.25) is 11.7 Å². The molecule has 1 aromatic rings. The van der Waals surface area contributed by atoms with Gasteiger partial charge in [-0.1, -0.05) is 32.6 Å². The monoisotopic (exact) mass is 333 g/mol. The molecule has 1 aliphatic heterocycles. The van der Waals surface area contributed by atoms with Crippen molar-refractivity contribution in [1.82, 2.24) is 25.0 Å². The summed E-state index contributed by atoms with van der Waals surface area (Å²) in [6.07, 6.45) is 7.70. The van der Waals surface area contributed by atoms with E-state index in [1.54, 1.807) is 0 Å². The van der Waals surface area contributed by atoms with Crippen molar-refractivity contribution in [2.24, 2.45) is 5.92 Å². The van der Waals surface area contributed by atoms with E-state index in [4.69, 9.17) is 0 Å². The van der Waals surface area contributed by atoms with Crippen molar-refractivity contribution < 1.29 is 9.59 Å². The van der Waals surface area contributed by atoms with Gasteiger partial charge in [0, 0.05) is 26.1 Å². The minimum atomic E-state index is -0.184. The number of hydrogen-bond acceptors (Lipinski definition) is 4. The van der Waals surface area contributed by atoms with Crippen LogP contribution < -0.4 is 5.32 Å². The Kier molecular flexibility index (Phi) is 5.48. The Hall–Kier alpha value is -1.92. The molecule has 1 fully saturated rings. The van der Waals surface area contributed by atoms with E-state index in [-0.39, 0.29) is 11.8 Å². The summed E-state index contributed by atoms with van der Waals surface area (Å²) in [4.78, 5) is 26.4. The molecule has 1 saturated carbocycles. The van der Waals surface area contributed by atoms with E-state index < -0.39 is 0 Å². The fourth-order valence-electron chi connectivity index (χ4n) is 3.64. The van der Waals surface area contributed by atoms with Crippen molar-refractivity contribution >= 4 is 11.8 Å². The molecule has 1 N–H and O–H groups in total. The SMILES string of the molecule is CCCNC(=O)c1nnc2n1CCN(C(=O)CCC1CCCC1)C2. The maximum atomic E-state index is 12.4. The van der Waals surface area contributed by atoms with Gasteiger partial charge in [-0.2, -0.15) is 0 Å². The molecule has 3 rings (SSSR count). The Morgan fingerprint density at radius 1 is 1.21 bits per heavy atom. The molecule has 7 nitrogen and oxygen atoms in total. The zero-order valence-electron chi connectivity index (χ0n) is 14.5. The lowest BCUT2D eigenvalue weighted by atomic mass is 10.0. The highest BCUT2D eigenvalue weighted by Gasteiger charge is 2.27. The van der Waals surface area contributed by atoms with Crippen LogP contribution in [0.3, 0.4) is 0 Å². The van der Waals surface area contributed by atoms with Crippen molar-refractivity contribution in [3.05, 3.63) is 11.6 Å². The van der Waals surface area contributed by atoms with Gasteiger partial charge in [0.25, 0.3) is 5.91 Å². The van der Waals surface area contributed by atoms with E-state index in [1.165, 1.54) is 25.7 Å². The summed E-state index contributed by atoms with van der Waals surface area (Å²) in [5.41, 5.74) is 0. The second-order valence-corrected chi connectivity index (χ2v) is 6.85. The van der Waals surface area contributed by atoms with Crippen molar-refractivity contribution in [2.45, 2.75) is 65.0 Å². The van der Waals surface area contributed by atoms with Crippen molar-refractivity contribution in [3.63, 3.8) is 0 Å². The number of nitrogens with zero attached hydrogens (tertiary/aromatic N) is 4. The molecule has 2 aliphatic rings. The molecule has 0 spiro atoms. The summed E-state index contributed by atoms with van der Waals surface area (Å²) in [6.45, 7) is 4.31. The Balaban J connectivity index is 1.55. The van der Waals surface area contributed by atoms with E-state index in [9.17, 15) is 9.59 Å². The van der Waals surface area contributed by atoms with Gasteiger partial charge >= 0.3 is 0 Å². The standard InChI is InChI=1S/C17H27N5O2/c1-2-9-18-17(24)16-20-19-14-12-21(10-11-22(14)16)15(23)8-7-13-5-3-4-6-13/h13H,2-12H2,1H3,(H,18,24). The third-order valence-electron chi connectivity index (χ3n) is 5.09. The summed E-state index contributed by atoms with van der Waals surface area (Å²) >= 11 is 0. The molecule has 0 atom stereocenters. The summed E-state index contributed by atoms with van der Waals surface area (Å²) in [7, 11) is 0. The summed E-state index contributed by atoms with van der Waals surface area (Å²) in [5.74, 6) is 1.81. The minimum absolute atomic E-state index is 0.184. The van der Waals surface area contributed by atoms with Gasteiger partial charge in [0.1, 0.15) is 0 Å². The van der Waals surface area contributed by atoms with Gasteiger partial charge in [-0.25, -0.2) is 0 Å². The molecule has 2 heterocycles. The quantitative estimate of drug-likeness (QED) is 0.860. The Bertz CT molecular complexity index is 592. The number of carbonyl (C=O) groups is 2. The normalized spacial score (nSPS) is 17.8. The number of aromatic nitrogens is 3. The van der Waals surface area contributed by atoms with E-state index in [0.717, 1.165) is 18.8 Å². The van der Waals surface area contributed by atoms with Gasteiger partial charge in [0.05, 0.1) is 6.54 Å². The molecule has 0 saturated heterocycles. The smallest absolute Gasteiger partial charge is 0.289 e. The number of hydrogen-bond donors (Lipinski definition) is 1. The van der Waals surface area contributed by atoms with E-state index in [2.05, 4.69) is 15.5 Å². The highest BCUT2D eigenvalue weighted by molar-refractivity contribution is 5.90. The highest BCUT2D eigenvalue weighted by Crippen LogP contribution is 2.29. The molecule has 132 valence electrons. The predicted octanol–water partition coefficient (Wildman–Crippen LogP) is 1.73. The predicted molar refractivity (Wildman–Crippen MR) is 89.3 cm³/mol. The van der Waals surface area contributed by atoms with Crippen molar-refractivity contribution in [3.8, 4) is 0 Å². The second-order valence-electron chi connectivity index (χ2n) is 6.85. The fourth-order valence-corrected chi connectivity index (χ4v) is 3.64. The Labute approximate surface area is 142 Å². The average Bonchev–Trinajstić information content (AvgIpc) is 3.26. The molecular weight excluding hydrogens is 306 g/mol. The lowest BCUT2D eigenvalue weighted by Crippen LogP contribution is -2.39. The molecule has 0 bridgehead atoms. The lowest BCUT2D eigenvalue weighted by molar-refractivity contribution is -0.133. The average molecular weight is 333 g/mol. The zero-order valence-corrected chi connectivity index (χ0v) is 14.5. The number of carbonyl (C=O) groups excluding carboxylic acids is 2. The van der Waals surface area contributed by atoms with Crippen LogP contribution in [0.25, 0.3) is 0 Å². The van der Waals surface area contributed by atoms with Gasteiger partial charge in [-0.3, -0.25) is 9.59 Å². The third-order valence-corrected chi connectivity index (χ3v) is 5.09. The maximum Gasteiger partial charge on any atom is 0.289 e. The third kappa shape index (κ3) is 3.76. The number of rotatable bonds is 6. The highest BCUT2D eigenvalue weighted by atomic mass is 16.2. The summed E-state index contributed by atoms with van der Waals surface area (Å²) in [6, 6.07) is 0. The van der Waals surface area contributed by atoms with Crippen molar-refractivity contribution in [1.29, 1.82) is 0 Å². The molecule has 2 amide bonds.